The second-order valence-electron chi connectivity index (χ2n) is 8.57. The third-order valence-electron chi connectivity index (χ3n) is 5.53. The molecule has 0 aliphatic heterocycles. The second-order valence-corrected chi connectivity index (χ2v) is 10.3. The third-order valence-corrected chi connectivity index (χ3v) is 7.00. The Bertz CT molecular complexity index is 1040. The first-order valence-corrected chi connectivity index (χ1v) is 12.2. The quantitative estimate of drug-likeness (QED) is 0.583. The van der Waals surface area contributed by atoms with Crippen LogP contribution in [0.15, 0.2) is 40.0 Å². The fourth-order valence-electron chi connectivity index (χ4n) is 3.96. The standard InChI is InChI=1S/C22H31N3O4S/c1-15(2)13-20(22(27)23-17-7-5-3-4-6-8-17)25-30(28,29)18-10-11-19-16(14-18)9-12-21(26)24-19/h9-12,14-15,17,20,25H,3-8,13H2,1-2H3,(H,23,27)(H,24,26)/t20-/m0/s1. The van der Waals surface area contributed by atoms with E-state index in [0.29, 0.717) is 17.3 Å². The molecule has 0 bridgehead atoms. The maximum absolute atomic E-state index is 13.0. The lowest BCUT2D eigenvalue weighted by molar-refractivity contribution is -0.123. The lowest BCUT2D eigenvalue weighted by Gasteiger charge is -2.24. The van der Waals surface area contributed by atoms with Crippen LogP contribution in [-0.2, 0) is 14.8 Å². The van der Waals surface area contributed by atoms with Crippen molar-refractivity contribution in [1.82, 2.24) is 15.0 Å². The molecular formula is C22H31N3O4S. The van der Waals surface area contributed by atoms with Crippen molar-refractivity contribution in [3.8, 4) is 0 Å². The Hall–Kier alpha value is -2.19. The van der Waals surface area contributed by atoms with Crippen molar-refractivity contribution < 1.29 is 13.2 Å². The predicted octanol–water partition coefficient (Wildman–Crippen LogP) is 3.06. The van der Waals surface area contributed by atoms with E-state index in [1.807, 2.05) is 13.8 Å². The molecule has 1 aliphatic rings. The number of amides is 1. The van der Waals surface area contributed by atoms with E-state index in [9.17, 15) is 18.0 Å². The zero-order valence-corrected chi connectivity index (χ0v) is 18.4. The number of sulfonamides is 1. The maximum atomic E-state index is 13.0. The van der Waals surface area contributed by atoms with Crippen molar-refractivity contribution >= 4 is 26.8 Å². The van der Waals surface area contributed by atoms with Crippen molar-refractivity contribution in [2.45, 2.75) is 75.8 Å². The molecule has 3 rings (SSSR count). The van der Waals surface area contributed by atoms with E-state index in [1.165, 1.54) is 31.0 Å². The smallest absolute Gasteiger partial charge is 0.248 e. The van der Waals surface area contributed by atoms with E-state index in [2.05, 4.69) is 15.0 Å². The number of fused-ring (bicyclic) bond motifs is 1. The van der Waals surface area contributed by atoms with Crippen LogP contribution in [0.4, 0.5) is 0 Å². The average molecular weight is 434 g/mol. The van der Waals surface area contributed by atoms with E-state index in [0.717, 1.165) is 25.7 Å². The van der Waals surface area contributed by atoms with Gasteiger partial charge in [0.15, 0.2) is 0 Å². The fourth-order valence-corrected chi connectivity index (χ4v) is 5.20. The largest absolute Gasteiger partial charge is 0.352 e. The van der Waals surface area contributed by atoms with Gasteiger partial charge in [0, 0.05) is 17.6 Å². The molecule has 0 radical (unpaired) electrons. The van der Waals surface area contributed by atoms with Crippen LogP contribution in [-0.4, -0.2) is 31.4 Å². The average Bonchev–Trinajstić information content (AvgIpc) is 2.95. The molecule has 0 unspecified atom stereocenters. The van der Waals surface area contributed by atoms with Gasteiger partial charge in [-0.05, 0) is 54.8 Å². The monoisotopic (exact) mass is 433 g/mol. The summed E-state index contributed by atoms with van der Waals surface area (Å²) < 4.78 is 28.7. The zero-order valence-electron chi connectivity index (χ0n) is 17.6. The summed E-state index contributed by atoms with van der Waals surface area (Å²) in [5.41, 5.74) is 0.315. The van der Waals surface area contributed by atoms with Crippen LogP contribution in [0.2, 0.25) is 0 Å². The molecule has 30 heavy (non-hydrogen) atoms. The van der Waals surface area contributed by atoms with Crippen molar-refractivity contribution in [3.05, 3.63) is 40.7 Å². The van der Waals surface area contributed by atoms with Gasteiger partial charge in [-0.3, -0.25) is 9.59 Å². The van der Waals surface area contributed by atoms with Gasteiger partial charge in [0.2, 0.25) is 21.5 Å². The summed E-state index contributed by atoms with van der Waals surface area (Å²) >= 11 is 0. The molecule has 1 fully saturated rings. The van der Waals surface area contributed by atoms with Crippen LogP contribution in [0.1, 0.15) is 58.8 Å². The Kier molecular flexibility index (Phi) is 7.31. The van der Waals surface area contributed by atoms with Crippen LogP contribution in [0.25, 0.3) is 10.9 Å². The molecule has 1 amide bonds. The number of nitrogens with one attached hydrogen (secondary N) is 3. The van der Waals surface area contributed by atoms with Gasteiger partial charge in [-0.2, -0.15) is 4.72 Å². The van der Waals surface area contributed by atoms with Crippen LogP contribution >= 0.6 is 0 Å². The first-order chi connectivity index (χ1) is 14.2. The SMILES string of the molecule is CC(C)C[C@H](NS(=O)(=O)c1ccc2[nH]c(=O)ccc2c1)C(=O)NC1CCCCCC1. The van der Waals surface area contributed by atoms with E-state index in [4.69, 9.17) is 0 Å². The lowest BCUT2D eigenvalue weighted by Crippen LogP contribution is -2.50. The van der Waals surface area contributed by atoms with E-state index < -0.39 is 16.1 Å². The molecule has 7 nitrogen and oxygen atoms in total. The Morgan fingerprint density at radius 1 is 1.10 bits per heavy atom. The van der Waals surface area contributed by atoms with Crippen molar-refractivity contribution in [2.24, 2.45) is 5.92 Å². The molecule has 1 heterocycles. The van der Waals surface area contributed by atoms with E-state index in [-0.39, 0.29) is 28.3 Å². The van der Waals surface area contributed by atoms with E-state index in [1.54, 1.807) is 12.1 Å². The summed E-state index contributed by atoms with van der Waals surface area (Å²) in [5.74, 6) is -0.108. The highest BCUT2D eigenvalue weighted by molar-refractivity contribution is 7.89. The highest BCUT2D eigenvalue weighted by Crippen LogP contribution is 2.20. The van der Waals surface area contributed by atoms with Crippen molar-refractivity contribution in [2.75, 3.05) is 0 Å². The molecule has 1 aromatic heterocycles. The number of hydrogen-bond donors (Lipinski definition) is 3. The number of aromatic nitrogens is 1. The first-order valence-electron chi connectivity index (χ1n) is 10.7. The van der Waals surface area contributed by atoms with Crippen LogP contribution < -0.4 is 15.6 Å². The van der Waals surface area contributed by atoms with Gasteiger partial charge >= 0.3 is 0 Å². The summed E-state index contributed by atoms with van der Waals surface area (Å²) in [6.07, 6.45) is 6.84. The topological polar surface area (TPSA) is 108 Å². The summed E-state index contributed by atoms with van der Waals surface area (Å²) in [6, 6.07) is 6.72. The van der Waals surface area contributed by atoms with Gasteiger partial charge < -0.3 is 10.3 Å². The van der Waals surface area contributed by atoms with Crippen molar-refractivity contribution in [3.63, 3.8) is 0 Å². The van der Waals surface area contributed by atoms with Gasteiger partial charge in [0.1, 0.15) is 6.04 Å². The number of hydrogen-bond acceptors (Lipinski definition) is 4. The number of pyridine rings is 1. The minimum absolute atomic E-state index is 0.0677. The molecule has 1 aliphatic carbocycles. The normalized spacial score (nSPS) is 17.0. The number of H-pyrrole nitrogens is 1. The van der Waals surface area contributed by atoms with Crippen LogP contribution in [0.3, 0.4) is 0 Å². The van der Waals surface area contributed by atoms with Gasteiger partial charge in [-0.15, -0.1) is 0 Å². The zero-order chi connectivity index (χ0) is 21.7. The van der Waals surface area contributed by atoms with E-state index >= 15 is 0 Å². The summed E-state index contributed by atoms with van der Waals surface area (Å²) in [7, 11) is -3.90. The Labute approximate surface area is 177 Å². The number of rotatable bonds is 7. The Morgan fingerprint density at radius 2 is 1.80 bits per heavy atom. The minimum Gasteiger partial charge on any atom is -0.352 e. The van der Waals surface area contributed by atoms with Gasteiger partial charge in [0.25, 0.3) is 0 Å². The van der Waals surface area contributed by atoms with Gasteiger partial charge in [-0.25, -0.2) is 8.42 Å². The Balaban J connectivity index is 1.79. The highest BCUT2D eigenvalue weighted by Gasteiger charge is 2.28. The molecule has 0 saturated heterocycles. The summed E-state index contributed by atoms with van der Waals surface area (Å²) in [5, 5.41) is 3.68. The molecule has 3 N–H and O–H groups in total. The molecule has 164 valence electrons. The minimum atomic E-state index is -3.90. The molecule has 8 heteroatoms. The van der Waals surface area contributed by atoms with Crippen LogP contribution in [0.5, 0.6) is 0 Å². The first kappa shape index (κ1) is 22.5. The van der Waals surface area contributed by atoms with Crippen LogP contribution in [0, 0.1) is 5.92 Å². The number of carbonyl (C=O) groups excluding carboxylic acids is 1. The predicted molar refractivity (Wildman–Crippen MR) is 118 cm³/mol. The lowest BCUT2D eigenvalue weighted by atomic mass is 10.0. The molecule has 2 aromatic rings. The number of aromatic amines is 1. The molecule has 0 spiro atoms. The highest BCUT2D eigenvalue weighted by atomic mass is 32.2. The van der Waals surface area contributed by atoms with Gasteiger partial charge in [0.05, 0.1) is 4.90 Å². The summed E-state index contributed by atoms with van der Waals surface area (Å²) in [6.45, 7) is 3.93. The summed E-state index contributed by atoms with van der Waals surface area (Å²) in [4.78, 5) is 27.1. The molecular weight excluding hydrogens is 402 g/mol. The second kappa shape index (κ2) is 9.75. The Morgan fingerprint density at radius 3 is 2.47 bits per heavy atom. The maximum Gasteiger partial charge on any atom is 0.248 e. The third kappa shape index (κ3) is 5.92. The molecule has 1 atom stereocenters. The van der Waals surface area contributed by atoms with Gasteiger partial charge in [-0.1, -0.05) is 39.5 Å². The van der Waals surface area contributed by atoms with Crippen molar-refractivity contribution in [1.29, 1.82) is 0 Å². The fraction of sp³-hybridized carbons (Fsp3) is 0.545. The molecule has 1 aromatic carbocycles. The number of benzene rings is 1. The number of carbonyl (C=O) groups is 1. The molecule has 1 saturated carbocycles.